The molecule has 6 nitrogen and oxygen atoms in total. The highest BCUT2D eigenvalue weighted by molar-refractivity contribution is 5.94. The average molecular weight is 375 g/mol. The van der Waals surface area contributed by atoms with Gasteiger partial charge in [-0.3, -0.25) is 9.78 Å². The second kappa shape index (κ2) is 7.19. The summed E-state index contributed by atoms with van der Waals surface area (Å²) in [4.78, 5) is 24.4. The minimum absolute atomic E-state index is 0.00445. The number of pyridine rings is 1. The van der Waals surface area contributed by atoms with Crippen molar-refractivity contribution < 1.29 is 4.79 Å². The van der Waals surface area contributed by atoms with Crippen molar-refractivity contribution >= 4 is 5.91 Å². The number of nitrogens with zero attached hydrogens (tertiary/aromatic N) is 5. The van der Waals surface area contributed by atoms with Crippen LogP contribution in [0.1, 0.15) is 47.3 Å². The van der Waals surface area contributed by atoms with Crippen molar-refractivity contribution in [2.75, 3.05) is 6.54 Å². The van der Waals surface area contributed by atoms with E-state index in [0.29, 0.717) is 24.5 Å². The maximum atomic E-state index is 13.3. The molecule has 0 bridgehead atoms. The van der Waals surface area contributed by atoms with Gasteiger partial charge in [0.15, 0.2) is 11.6 Å². The molecular formula is C22H25N5O. The molecule has 28 heavy (non-hydrogen) atoms. The molecule has 0 saturated carbocycles. The van der Waals surface area contributed by atoms with E-state index in [-0.39, 0.29) is 17.9 Å². The van der Waals surface area contributed by atoms with Crippen molar-refractivity contribution in [2.24, 2.45) is 5.92 Å². The molecule has 6 heteroatoms. The Morgan fingerprint density at radius 1 is 1.14 bits per heavy atom. The predicted molar refractivity (Wildman–Crippen MR) is 108 cm³/mol. The molecule has 0 N–H and O–H groups in total. The van der Waals surface area contributed by atoms with Crippen LogP contribution in [0.3, 0.4) is 0 Å². The summed E-state index contributed by atoms with van der Waals surface area (Å²) in [5, 5.41) is 4.70. The maximum Gasteiger partial charge on any atom is 0.256 e. The predicted octanol–water partition coefficient (Wildman–Crippen LogP) is 3.81. The monoisotopic (exact) mass is 375 g/mol. The Morgan fingerprint density at radius 3 is 2.57 bits per heavy atom. The van der Waals surface area contributed by atoms with Gasteiger partial charge >= 0.3 is 0 Å². The summed E-state index contributed by atoms with van der Waals surface area (Å²) in [6, 6.07) is 11.8. The second-order valence-corrected chi connectivity index (χ2v) is 7.70. The van der Waals surface area contributed by atoms with Crippen LogP contribution >= 0.6 is 0 Å². The lowest BCUT2D eigenvalue weighted by atomic mass is 9.98. The van der Waals surface area contributed by atoms with Crippen molar-refractivity contribution in [1.82, 2.24) is 24.6 Å². The first-order valence-electron chi connectivity index (χ1n) is 9.70. The fourth-order valence-electron chi connectivity index (χ4n) is 3.74. The Morgan fingerprint density at radius 2 is 1.89 bits per heavy atom. The molecule has 0 fully saturated rings. The third-order valence-electron chi connectivity index (χ3n) is 5.36. The topological polar surface area (TPSA) is 63.9 Å². The van der Waals surface area contributed by atoms with Gasteiger partial charge in [0, 0.05) is 24.0 Å². The zero-order chi connectivity index (χ0) is 19.8. The Labute approximate surface area is 165 Å². The van der Waals surface area contributed by atoms with Gasteiger partial charge in [-0.2, -0.15) is 5.10 Å². The van der Waals surface area contributed by atoms with E-state index in [1.54, 1.807) is 6.20 Å². The van der Waals surface area contributed by atoms with Crippen LogP contribution in [-0.4, -0.2) is 37.1 Å². The smallest absolute Gasteiger partial charge is 0.256 e. The normalized spacial score (nSPS) is 16.3. The number of amides is 1. The lowest BCUT2D eigenvalue weighted by Gasteiger charge is -2.37. The second-order valence-electron chi connectivity index (χ2n) is 7.70. The van der Waals surface area contributed by atoms with E-state index in [0.717, 1.165) is 22.6 Å². The Hall–Kier alpha value is -3.02. The minimum atomic E-state index is -0.118. The Bertz CT molecular complexity index is 1010. The van der Waals surface area contributed by atoms with Crippen LogP contribution in [0.2, 0.25) is 0 Å². The molecule has 0 spiro atoms. The molecule has 4 rings (SSSR count). The lowest BCUT2D eigenvalue weighted by molar-refractivity contribution is 0.0536. The lowest BCUT2D eigenvalue weighted by Crippen LogP contribution is -2.44. The number of carbonyl (C=O) groups excluding carboxylic acids is 1. The highest BCUT2D eigenvalue weighted by atomic mass is 16.2. The zero-order valence-electron chi connectivity index (χ0n) is 16.8. The highest BCUT2D eigenvalue weighted by Crippen LogP contribution is 2.33. The van der Waals surface area contributed by atoms with Crippen LogP contribution in [0.25, 0.3) is 11.4 Å². The molecule has 3 heterocycles. The van der Waals surface area contributed by atoms with E-state index < -0.39 is 0 Å². The highest BCUT2D eigenvalue weighted by Gasteiger charge is 2.36. The summed E-state index contributed by atoms with van der Waals surface area (Å²) in [6.07, 6.45) is 1.68. The van der Waals surface area contributed by atoms with E-state index in [1.807, 2.05) is 59.8 Å². The molecule has 1 aliphatic heterocycles. The first kappa shape index (κ1) is 18.3. The van der Waals surface area contributed by atoms with Gasteiger partial charge in [0.2, 0.25) is 0 Å². The van der Waals surface area contributed by atoms with Crippen molar-refractivity contribution in [1.29, 1.82) is 0 Å². The number of aryl methyl sites for hydroxylation is 2. The summed E-state index contributed by atoms with van der Waals surface area (Å²) < 4.78 is 1.95. The molecule has 144 valence electrons. The van der Waals surface area contributed by atoms with Gasteiger partial charge in [-0.1, -0.05) is 44.2 Å². The maximum absolute atomic E-state index is 13.3. The molecule has 1 atom stereocenters. The van der Waals surface area contributed by atoms with Gasteiger partial charge < -0.3 is 4.90 Å². The van der Waals surface area contributed by atoms with Crippen LogP contribution in [0, 0.1) is 19.8 Å². The quantitative estimate of drug-likeness (QED) is 0.698. The molecular weight excluding hydrogens is 350 g/mol. The molecule has 1 amide bonds. The van der Waals surface area contributed by atoms with Crippen molar-refractivity contribution in [3.63, 3.8) is 0 Å². The zero-order valence-corrected chi connectivity index (χ0v) is 16.8. The Balaban J connectivity index is 1.71. The molecule has 0 aliphatic carbocycles. The van der Waals surface area contributed by atoms with Crippen LogP contribution in [0.4, 0.5) is 0 Å². The number of rotatable bonds is 3. The summed E-state index contributed by atoms with van der Waals surface area (Å²) in [7, 11) is 0. The first-order chi connectivity index (χ1) is 13.5. The van der Waals surface area contributed by atoms with Gasteiger partial charge in [-0.15, -0.1) is 0 Å². The Kier molecular flexibility index (Phi) is 4.71. The van der Waals surface area contributed by atoms with Gasteiger partial charge in [0.05, 0.1) is 18.2 Å². The largest absolute Gasteiger partial charge is 0.326 e. The summed E-state index contributed by atoms with van der Waals surface area (Å²) >= 11 is 0. The number of fused-ring (bicyclic) bond motifs is 1. The number of hydrogen-bond acceptors (Lipinski definition) is 4. The summed E-state index contributed by atoms with van der Waals surface area (Å²) in [5.74, 6) is 1.79. The van der Waals surface area contributed by atoms with E-state index in [4.69, 9.17) is 10.1 Å². The van der Waals surface area contributed by atoms with Crippen LogP contribution < -0.4 is 0 Å². The van der Waals surface area contributed by atoms with Crippen molar-refractivity contribution in [2.45, 2.75) is 40.3 Å². The SMILES string of the molecule is Cc1cc(C(=O)N2CCn3nc(-c4ccccc4)nc3[C@@H]2C(C)C)cnc1C. The molecule has 0 unspecified atom stereocenters. The van der Waals surface area contributed by atoms with E-state index in [2.05, 4.69) is 18.8 Å². The number of carbonyl (C=O) groups is 1. The summed E-state index contributed by atoms with van der Waals surface area (Å²) in [5.41, 5.74) is 3.59. The average Bonchev–Trinajstić information content (AvgIpc) is 3.13. The van der Waals surface area contributed by atoms with Crippen LogP contribution in [0.5, 0.6) is 0 Å². The van der Waals surface area contributed by atoms with Crippen LogP contribution in [0.15, 0.2) is 42.6 Å². The molecule has 3 aromatic rings. The van der Waals surface area contributed by atoms with Gasteiger partial charge in [-0.05, 0) is 31.4 Å². The summed E-state index contributed by atoms with van der Waals surface area (Å²) in [6.45, 7) is 9.43. The fraction of sp³-hybridized carbons (Fsp3) is 0.364. The minimum Gasteiger partial charge on any atom is -0.326 e. The molecule has 1 aliphatic rings. The van der Waals surface area contributed by atoms with Crippen LogP contribution in [-0.2, 0) is 6.54 Å². The van der Waals surface area contributed by atoms with Gasteiger partial charge in [0.1, 0.15) is 0 Å². The van der Waals surface area contributed by atoms with E-state index in [1.165, 1.54) is 0 Å². The third-order valence-corrected chi connectivity index (χ3v) is 5.36. The first-order valence-corrected chi connectivity index (χ1v) is 9.70. The molecule has 0 radical (unpaired) electrons. The number of benzene rings is 1. The fourth-order valence-corrected chi connectivity index (χ4v) is 3.74. The van der Waals surface area contributed by atoms with E-state index >= 15 is 0 Å². The standard InChI is InChI=1S/C22H25N5O/c1-14(2)19-21-24-20(17-8-6-5-7-9-17)25-27(21)11-10-26(19)22(28)18-12-15(3)16(4)23-13-18/h5-9,12-14,19H,10-11H2,1-4H3/t19-/m0/s1. The third kappa shape index (κ3) is 3.19. The van der Waals surface area contributed by atoms with E-state index in [9.17, 15) is 4.79 Å². The molecule has 0 saturated heterocycles. The number of aromatic nitrogens is 4. The number of hydrogen-bond donors (Lipinski definition) is 0. The van der Waals surface area contributed by atoms with Gasteiger partial charge in [-0.25, -0.2) is 9.67 Å². The molecule has 2 aromatic heterocycles. The van der Waals surface area contributed by atoms with Crippen molar-refractivity contribution in [3.8, 4) is 11.4 Å². The van der Waals surface area contributed by atoms with Crippen molar-refractivity contribution in [3.05, 3.63) is 65.2 Å². The van der Waals surface area contributed by atoms with Gasteiger partial charge in [0.25, 0.3) is 5.91 Å². The molecule has 1 aromatic carbocycles.